The van der Waals surface area contributed by atoms with E-state index in [1.807, 2.05) is 18.2 Å². The zero-order valence-electron chi connectivity index (χ0n) is 13.5. The van der Waals surface area contributed by atoms with Crippen molar-refractivity contribution < 1.29 is 18.7 Å². The molecule has 0 bridgehead atoms. The molecule has 0 saturated carbocycles. The number of aromatic nitrogens is 1. The fraction of sp³-hybridized carbons (Fsp3) is 0.158. The zero-order chi connectivity index (χ0) is 17.8. The largest absolute Gasteiger partial charge is 0.497 e. The molecule has 0 fully saturated rings. The molecule has 1 aromatic heterocycles. The number of carbonyl (C=O) groups excluding carboxylic acids is 1. The van der Waals surface area contributed by atoms with Gasteiger partial charge in [-0.25, -0.2) is 9.37 Å². The first kappa shape index (κ1) is 17.2. The first-order valence-electron chi connectivity index (χ1n) is 7.58. The Bertz CT molecular complexity index is 912. The van der Waals surface area contributed by atoms with E-state index < -0.39 is 5.97 Å². The molecule has 4 nitrogen and oxygen atoms in total. The molecule has 3 aromatic rings. The highest BCUT2D eigenvalue weighted by Crippen LogP contribution is 2.24. The van der Waals surface area contributed by atoms with Crippen LogP contribution in [0.5, 0.6) is 5.75 Å². The van der Waals surface area contributed by atoms with Crippen LogP contribution in [0.3, 0.4) is 0 Å². The van der Waals surface area contributed by atoms with E-state index in [0.29, 0.717) is 22.4 Å². The molecule has 2 aromatic carbocycles. The van der Waals surface area contributed by atoms with Gasteiger partial charge in [-0.3, -0.25) is 4.79 Å². The summed E-state index contributed by atoms with van der Waals surface area (Å²) in [6, 6.07) is 13.0. The number of fused-ring (bicyclic) bond motifs is 1. The number of hydrogen-bond donors (Lipinski definition) is 0. The van der Waals surface area contributed by atoms with Crippen molar-refractivity contribution in [1.29, 1.82) is 0 Å². The van der Waals surface area contributed by atoms with Crippen LogP contribution in [-0.2, 0) is 22.6 Å². The SMILES string of the molecule is COc1ccc2cc(COC(=O)Cc3ccc(F)cc3)c(Cl)nc2c1. The van der Waals surface area contributed by atoms with Crippen molar-refractivity contribution >= 4 is 28.5 Å². The van der Waals surface area contributed by atoms with Crippen LogP contribution < -0.4 is 4.74 Å². The molecule has 0 aliphatic carbocycles. The lowest BCUT2D eigenvalue weighted by Crippen LogP contribution is -2.08. The number of rotatable bonds is 5. The number of carbonyl (C=O) groups is 1. The molecular formula is C19H15ClFNO3. The van der Waals surface area contributed by atoms with Gasteiger partial charge in [0.05, 0.1) is 19.0 Å². The summed E-state index contributed by atoms with van der Waals surface area (Å²) in [5.41, 5.74) is 2.00. The van der Waals surface area contributed by atoms with Crippen LogP contribution in [0, 0.1) is 5.82 Å². The molecule has 1 heterocycles. The highest BCUT2D eigenvalue weighted by Gasteiger charge is 2.10. The number of benzene rings is 2. The van der Waals surface area contributed by atoms with Gasteiger partial charge in [0.1, 0.15) is 23.3 Å². The third kappa shape index (κ3) is 4.25. The van der Waals surface area contributed by atoms with E-state index in [0.717, 1.165) is 5.39 Å². The Morgan fingerprint density at radius 2 is 1.92 bits per heavy atom. The van der Waals surface area contributed by atoms with Gasteiger partial charge < -0.3 is 9.47 Å². The van der Waals surface area contributed by atoms with Gasteiger partial charge in [0.25, 0.3) is 0 Å². The summed E-state index contributed by atoms with van der Waals surface area (Å²) in [5.74, 6) is -0.0742. The van der Waals surface area contributed by atoms with E-state index >= 15 is 0 Å². The second-order valence-corrected chi connectivity index (χ2v) is 5.82. The molecule has 0 saturated heterocycles. The Morgan fingerprint density at radius 1 is 1.16 bits per heavy atom. The number of pyridine rings is 1. The second kappa shape index (κ2) is 7.49. The van der Waals surface area contributed by atoms with E-state index in [1.54, 1.807) is 25.3 Å². The predicted molar refractivity (Wildman–Crippen MR) is 93.2 cm³/mol. The summed E-state index contributed by atoms with van der Waals surface area (Å²) >= 11 is 6.17. The van der Waals surface area contributed by atoms with Gasteiger partial charge >= 0.3 is 5.97 Å². The highest BCUT2D eigenvalue weighted by molar-refractivity contribution is 6.30. The number of esters is 1. The highest BCUT2D eigenvalue weighted by atomic mass is 35.5. The minimum Gasteiger partial charge on any atom is -0.497 e. The van der Waals surface area contributed by atoms with Gasteiger partial charge in [0.2, 0.25) is 0 Å². The topological polar surface area (TPSA) is 48.4 Å². The zero-order valence-corrected chi connectivity index (χ0v) is 14.2. The van der Waals surface area contributed by atoms with Crippen molar-refractivity contribution in [2.24, 2.45) is 0 Å². The number of ether oxygens (including phenoxy) is 2. The molecule has 0 amide bonds. The second-order valence-electron chi connectivity index (χ2n) is 5.46. The average Bonchev–Trinajstić information content (AvgIpc) is 2.61. The van der Waals surface area contributed by atoms with E-state index in [4.69, 9.17) is 21.1 Å². The summed E-state index contributed by atoms with van der Waals surface area (Å²) in [7, 11) is 1.58. The van der Waals surface area contributed by atoms with Crippen LogP contribution in [0.1, 0.15) is 11.1 Å². The van der Waals surface area contributed by atoms with Crippen molar-refractivity contribution in [1.82, 2.24) is 4.98 Å². The molecule has 0 atom stereocenters. The Kier molecular flexibility index (Phi) is 5.14. The van der Waals surface area contributed by atoms with Crippen LogP contribution in [0.25, 0.3) is 10.9 Å². The van der Waals surface area contributed by atoms with Crippen LogP contribution in [0.4, 0.5) is 4.39 Å². The molecule has 0 radical (unpaired) electrons. The van der Waals surface area contributed by atoms with Crippen molar-refractivity contribution in [3.05, 3.63) is 70.6 Å². The minimum atomic E-state index is -0.419. The van der Waals surface area contributed by atoms with E-state index in [2.05, 4.69) is 4.98 Å². The fourth-order valence-corrected chi connectivity index (χ4v) is 2.57. The average molecular weight is 360 g/mol. The van der Waals surface area contributed by atoms with Crippen LogP contribution in [-0.4, -0.2) is 18.1 Å². The normalized spacial score (nSPS) is 10.7. The molecule has 0 aliphatic rings. The van der Waals surface area contributed by atoms with E-state index in [-0.39, 0.29) is 24.0 Å². The maximum atomic E-state index is 12.9. The molecule has 0 spiro atoms. The fourth-order valence-electron chi connectivity index (χ4n) is 2.37. The molecular weight excluding hydrogens is 345 g/mol. The summed E-state index contributed by atoms with van der Waals surface area (Å²) in [4.78, 5) is 16.2. The van der Waals surface area contributed by atoms with E-state index in [9.17, 15) is 9.18 Å². The van der Waals surface area contributed by atoms with Crippen LogP contribution in [0.15, 0.2) is 48.5 Å². The Balaban J connectivity index is 1.68. The van der Waals surface area contributed by atoms with Crippen molar-refractivity contribution in [3.8, 4) is 5.75 Å². The maximum Gasteiger partial charge on any atom is 0.310 e. The third-order valence-corrected chi connectivity index (χ3v) is 4.03. The van der Waals surface area contributed by atoms with Gasteiger partial charge in [0.15, 0.2) is 0 Å². The standard InChI is InChI=1S/C19H15ClFNO3/c1-24-16-7-4-13-9-14(19(20)22-17(13)10-16)11-25-18(23)8-12-2-5-15(21)6-3-12/h2-7,9-10H,8,11H2,1H3. The molecule has 0 aliphatic heterocycles. The minimum absolute atomic E-state index is 0.0217. The quantitative estimate of drug-likeness (QED) is 0.503. The number of halogens is 2. The van der Waals surface area contributed by atoms with Gasteiger partial charge in [-0.2, -0.15) is 0 Å². The predicted octanol–water partition coefficient (Wildman–Crippen LogP) is 4.32. The first-order chi connectivity index (χ1) is 12.0. The van der Waals surface area contributed by atoms with E-state index in [1.165, 1.54) is 12.1 Å². The first-order valence-corrected chi connectivity index (χ1v) is 7.96. The van der Waals surface area contributed by atoms with Gasteiger partial charge in [-0.1, -0.05) is 23.7 Å². The lowest BCUT2D eigenvalue weighted by atomic mass is 10.1. The van der Waals surface area contributed by atoms with Crippen molar-refractivity contribution in [2.75, 3.05) is 7.11 Å². The van der Waals surface area contributed by atoms with Gasteiger partial charge in [0, 0.05) is 17.0 Å². The summed E-state index contributed by atoms with van der Waals surface area (Å²) < 4.78 is 23.3. The maximum absolute atomic E-state index is 12.9. The lowest BCUT2D eigenvalue weighted by molar-refractivity contribution is -0.144. The van der Waals surface area contributed by atoms with Crippen LogP contribution >= 0.6 is 11.6 Å². The summed E-state index contributed by atoms with van der Waals surface area (Å²) in [5, 5.41) is 1.14. The molecule has 128 valence electrons. The Morgan fingerprint density at radius 3 is 2.64 bits per heavy atom. The van der Waals surface area contributed by atoms with Gasteiger partial charge in [-0.15, -0.1) is 0 Å². The molecule has 0 N–H and O–H groups in total. The number of nitrogens with zero attached hydrogens (tertiary/aromatic N) is 1. The summed E-state index contributed by atoms with van der Waals surface area (Å²) in [6.45, 7) is 0.0217. The number of hydrogen-bond acceptors (Lipinski definition) is 4. The smallest absolute Gasteiger partial charge is 0.310 e. The molecule has 0 unspecified atom stereocenters. The Hall–Kier alpha value is -2.66. The number of methoxy groups -OCH3 is 1. The third-order valence-electron chi connectivity index (χ3n) is 3.70. The molecule has 25 heavy (non-hydrogen) atoms. The molecule has 3 rings (SSSR count). The summed E-state index contributed by atoms with van der Waals surface area (Å²) in [6.07, 6.45) is 0.0656. The molecule has 6 heteroatoms. The van der Waals surface area contributed by atoms with Crippen LogP contribution in [0.2, 0.25) is 5.15 Å². The lowest BCUT2D eigenvalue weighted by Gasteiger charge is -2.09. The van der Waals surface area contributed by atoms with Gasteiger partial charge in [-0.05, 0) is 35.9 Å². The Labute approximate surface area is 149 Å². The monoisotopic (exact) mass is 359 g/mol. The van der Waals surface area contributed by atoms with Crippen molar-refractivity contribution in [3.63, 3.8) is 0 Å². The van der Waals surface area contributed by atoms with Crippen molar-refractivity contribution in [2.45, 2.75) is 13.0 Å².